The molecule has 0 aliphatic carbocycles. The quantitative estimate of drug-likeness (QED) is 0.609. The van der Waals surface area contributed by atoms with E-state index >= 15 is 0 Å². The van der Waals surface area contributed by atoms with Crippen LogP contribution in [0.15, 0.2) is 48.5 Å². The molecule has 2 aromatic carbocycles. The van der Waals surface area contributed by atoms with E-state index in [1.807, 2.05) is 38.1 Å². The van der Waals surface area contributed by atoms with Crippen molar-refractivity contribution in [2.75, 3.05) is 23.9 Å². The van der Waals surface area contributed by atoms with Gasteiger partial charge in [0.2, 0.25) is 11.8 Å². The molecule has 0 aliphatic rings. The van der Waals surface area contributed by atoms with Gasteiger partial charge in [-0.05, 0) is 57.5 Å². The van der Waals surface area contributed by atoms with E-state index in [1.165, 1.54) is 7.11 Å². The van der Waals surface area contributed by atoms with Gasteiger partial charge in [-0.1, -0.05) is 24.3 Å². The van der Waals surface area contributed by atoms with Crippen LogP contribution in [-0.4, -0.2) is 31.4 Å². The van der Waals surface area contributed by atoms with Crippen LogP contribution < -0.4 is 10.2 Å². The molecule has 2 amide bonds. The fourth-order valence-corrected chi connectivity index (χ4v) is 2.83. The molecule has 6 heteroatoms. The Morgan fingerprint density at radius 1 is 1.07 bits per heavy atom. The van der Waals surface area contributed by atoms with Crippen LogP contribution in [0.1, 0.15) is 36.7 Å². The Labute approximate surface area is 165 Å². The molecular formula is C22H26N2O4. The first-order valence-corrected chi connectivity index (χ1v) is 9.09. The van der Waals surface area contributed by atoms with Gasteiger partial charge in [-0.3, -0.25) is 9.59 Å². The van der Waals surface area contributed by atoms with Crippen LogP contribution in [-0.2, 0) is 14.3 Å². The van der Waals surface area contributed by atoms with E-state index in [9.17, 15) is 14.4 Å². The minimum Gasteiger partial charge on any atom is -0.465 e. The maximum absolute atomic E-state index is 13.2. The number of anilines is 2. The SMILES string of the molecule is CCN(C(=O)C(C)(C)C(=O)Nc1ccccc1C(=O)OC)c1cccc(C)c1. The van der Waals surface area contributed by atoms with Crippen molar-refractivity contribution in [2.24, 2.45) is 5.41 Å². The molecule has 0 saturated heterocycles. The van der Waals surface area contributed by atoms with Gasteiger partial charge in [0.25, 0.3) is 0 Å². The Kier molecular flexibility index (Phi) is 6.57. The molecule has 0 aromatic heterocycles. The summed E-state index contributed by atoms with van der Waals surface area (Å²) < 4.78 is 4.75. The van der Waals surface area contributed by atoms with Crippen molar-refractivity contribution in [2.45, 2.75) is 27.7 Å². The Hall–Kier alpha value is -3.15. The molecule has 0 spiro atoms. The molecule has 1 N–H and O–H groups in total. The highest BCUT2D eigenvalue weighted by molar-refractivity contribution is 6.15. The third-order valence-corrected chi connectivity index (χ3v) is 4.56. The average molecular weight is 382 g/mol. The summed E-state index contributed by atoms with van der Waals surface area (Å²) in [6.07, 6.45) is 0. The zero-order chi connectivity index (χ0) is 20.9. The van der Waals surface area contributed by atoms with Crippen LogP contribution >= 0.6 is 0 Å². The van der Waals surface area contributed by atoms with Gasteiger partial charge in [0.1, 0.15) is 5.41 Å². The molecule has 0 saturated carbocycles. The lowest BCUT2D eigenvalue weighted by Gasteiger charge is -2.30. The van der Waals surface area contributed by atoms with Crippen LogP contribution in [0.2, 0.25) is 0 Å². The van der Waals surface area contributed by atoms with E-state index in [-0.39, 0.29) is 11.5 Å². The molecule has 28 heavy (non-hydrogen) atoms. The van der Waals surface area contributed by atoms with Gasteiger partial charge in [-0.25, -0.2) is 4.79 Å². The maximum Gasteiger partial charge on any atom is 0.339 e. The first-order valence-electron chi connectivity index (χ1n) is 9.09. The first-order chi connectivity index (χ1) is 13.2. The lowest BCUT2D eigenvalue weighted by atomic mass is 9.89. The molecule has 148 valence electrons. The van der Waals surface area contributed by atoms with Crippen molar-refractivity contribution in [1.29, 1.82) is 0 Å². The number of carbonyl (C=O) groups is 3. The number of ether oxygens (including phenoxy) is 1. The first kappa shape index (κ1) is 21.2. The highest BCUT2D eigenvalue weighted by Gasteiger charge is 2.39. The molecule has 0 bridgehead atoms. The van der Waals surface area contributed by atoms with E-state index in [1.54, 1.807) is 43.0 Å². The maximum atomic E-state index is 13.2. The molecule has 0 atom stereocenters. The van der Waals surface area contributed by atoms with Crippen LogP contribution in [0.4, 0.5) is 11.4 Å². The zero-order valence-corrected chi connectivity index (χ0v) is 16.9. The summed E-state index contributed by atoms with van der Waals surface area (Å²) >= 11 is 0. The fourth-order valence-electron chi connectivity index (χ4n) is 2.83. The highest BCUT2D eigenvalue weighted by Crippen LogP contribution is 2.27. The largest absolute Gasteiger partial charge is 0.465 e. The van der Waals surface area contributed by atoms with Crippen molar-refractivity contribution in [1.82, 2.24) is 0 Å². The molecule has 2 aromatic rings. The number of carbonyl (C=O) groups excluding carboxylic acids is 3. The van der Waals surface area contributed by atoms with Gasteiger partial charge in [-0.15, -0.1) is 0 Å². The van der Waals surface area contributed by atoms with E-state index in [0.29, 0.717) is 12.2 Å². The van der Waals surface area contributed by atoms with E-state index in [2.05, 4.69) is 5.32 Å². The zero-order valence-electron chi connectivity index (χ0n) is 16.9. The topological polar surface area (TPSA) is 75.7 Å². The second-order valence-electron chi connectivity index (χ2n) is 7.00. The molecule has 0 heterocycles. The predicted molar refractivity (Wildman–Crippen MR) is 109 cm³/mol. The number of amides is 2. The third-order valence-electron chi connectivity index (χ3n) is 4.56. The molecule has 2 rings (SSSR count). The van der Waals surface area contributed by atoms with Gasteiger partial charge in [0, 0.05) is 12.2 Å². The summed E-state index contributed by atoms with van der Waals surface area (Å²) in [5, 5.41) is 2.70. The van der Waals surface area contributed by atoms with Crippen LogP contribution in [0.25, 0.3) is 0 Å². The Balaban J connectivity index is 2.29. The highest BCUT2D eigenvalue weighted by atomic mass is 16.5. The number of nitrogens with one attached hydrogen (secondary N) is 1. The fraction of sp³-hybridized carbons (Fsp3) is 0.318. The van der Waals surface area contributed by atoms with Crippen LogP contribution in [0.5, 0.6) is 0 Å². The van der Waals surface area contributed by atoms with Gasteiger partial charge in [0.05, 0.1) is 18.4 Å². The smallest absolute Gasteiger partial charge is 0.339 e. The van der Waals surface area contributed by atoms with Crippen LogP contribution in [0.3, 0.4) is 0 Å². The summed E-state index contributed by atoms with van der Waals surface area (Å²) in [7, 11) is 1.27. The summed E-state index contributed by atoms with van der Waals surface area (Å²) in [6.45, 7) is 7.38. The molecule has 0 unspecified atom stereocenters. The van der Waals surface area contributed by atoms with Gasteiger partial charge >= 0.3 is 5.97 Å². The van der Waals surface area contributed by atoms with E-state index in [4.69, 9.17) is 4.74 Å². The molecular weight excluding hydrogens is 356 g/mol. The lowest BCUT2D eigenvalue weighted by Crippen LogP contribution is -2.47. The second kappa shape index (κ2) is 8.69. The number of esters is 1. The number of hydrogen-bond donors (Lipinski definition) is 1. The van der Waals surface area contributed by atoms with Crippen molar-refractivity contribution in [3.8, 4) is 0 Å². The minimum atomic E-state index is -1.34. The van der Waals surface area contributed by atoms with E-state index < -0.39 is 17.3 Å². The summed E-state index contributed by atoms with van der Waals surface area (Å²) in [4.78, 5) is 39.6. The van der Waals surface area contributed by atoms with Gasteiger partial charge < -0.3 is 15.0 Å². The Morgan fingerprint density at radius 2 is 1.75 bits per heavy atom. The Morgan fingerprint density at radius 3 is 2.36 bits per heavy atom. The summed E-state index contributed by atoms with van der Waals surface area (Å²) in [5.41, 5.74) is 0.955. The van der Waals surface area contributed by atoms with Crippen LogP contribution in [0, 0.1) is 12.3 Å². The number of benzene rings is 2. The predicted octanol–water partition coefficient (Wildman–Crippen LogP) is 3.80. The standard InChI is InChI=1S/C22H26N2O4/c1-6-24(16-11-9-10-15(2)14-16)21(27)22(3,4)20(26)23-18-13-8-7-12-17(18)19(25)28-5/h7-14H,6H2,1-5H3,(H,23,26). The lowest BCUT2D eigenvalue weighted by molar-refractivity contribution is -0.136. The number of methoxy groups -OCH3 is 1. The average Bonchev–Trinajstić information content (AvgIpc) is 2.68. The van der Waals surface area contributed by atoms with Gasteiger partial charge in [0.15, 0.2) is 0 Å². The molecule has 0 aliphatic heterocycles. The summed E-state index contributed by atoms with van der Waals surface area (Å²) in [6, 6.07) is 14.1. The normalized spacial score (nSPS) is 10.9. The van der Waals surface area contributed by atoms with Crippen molar-refractivity contribution in [3.63, 3.8) is 0 Å². The monoisotopic (exact) mass is 382 g/mol. The van der Waals surface area contributed by atoms with Crippen molar-refractivity contribution >= 4 is 29.2 Å². The number of rotatable bonds is 6. The number of hydrogen-bond acceptors (Lipinski definition) is 4. The number of aryl methyl sites for hydroxylation is 1. The molecule has 0 radical (unpaired) electrons. The number of nitrogens with zero attached hydrogens (tertiary/aromatic N) is 1. The number of para-hydroxylation sites is 1. The summed E-state index contributed by atoms with van der Waals surface area (Å²) in [5.74, 6) is -1.39. The van der Waals surface area contributed by atoms with Gasteiger partial charge in [-0.2, -0.15) is 0 Å². The minimum absolute atomic E-state index is 0.229. The third kappa shape index (κ3) is 4.39. The van der Waals surface area contributed by atoms with E-state index in [0.717, 1.165) is 11.3 Å². The van der Waals surface area contributed by atoms with Crippen molar-refractivity contribution in [3.05, 3.63) is 59.7 Å². The second-order valence-corrected chi connectivity index (χ2v) is 7.00. The Bertz CT molecular complexity index is 890. The molecule has 6 nitrogen and oxygen atoms in total. The molecule has 0 fully saturated rings. The van der Waals surface area contributed by atoms with Crippen molar-refractivity contribution < 1.29 is 19.1 Å².